The number of anilines is 3. The molecule has 0 unspecified atom stereocenters. The van der Waals surface area contributed by atoms with E-state index in [2.05, 4.69) is 108 Å². The highest BCUT2D eigenvalue weighted by Crippen LogP contribution is 2.41. The topological polar surface area (TPSA) is 55.6 Å². The van der Waals surface area contributed by atoms with Crippen LogP contribution in [0.1, 0.15) is 0 Å². The van der Waals surface area contributed by atoms with E-state index in [0.717, 1.165) is 83.2 Å². The molecule has 10 rings (SSSR count). The standard InChI is InChI=1S/C43H26N2O3/c1-2-8-27(9-3-1)28-14-18-30(19-15-28)45(32-22-23-34-33-10-4-6-12-36(33)47-40(34)26-32)31-20-16-29(17-21-31)43-44-42-39(48-43)25-24-38-41(42)35-11-5-7-13-37(35)46-38/h1-26H. The fraction of sp³-hybridized carbons (Fsp3) is 0. The number of hydrogen-bond acceptors (Lipinski definition) is 5. The Morgan fingerprint density at radius 2 is 0.938 bits per heavy atom. The summed E-state index contributed by atoms with van der Waals surface area (Å²) in [5, 5.41) is 4.21. The van der Waals surface area contributed by atoms with Crippen LogP contribution in [0.2, 0.25) is 0 Å². The van der Waals surface area contributed by atoms with Gasteiger partial charge in [-0.3, -0.25) is 0 Å². The van der Waals surface area contributed by atoms with Crippen LogP contribution in [-0.2, 0) is 0 Å². The molecule has 0 N–H and O–H groups in total. The van der Waals surface area contributed by atoms with Gasteiger partial charge in [0.2, 0.25) is 5.89 Å². The van der Waals surface area contributed by atoms with Crippen LogP contribution in [-0.4, -0.2) is 4.98 Å². The van der Waals surface area contributed by atoms with Crippen LogP contribution in [0.15, 0.2) is 171 Å². The molecule has 0 fully saturated rings. The summed E-state index contributed by atoms with van der Waals surface area (Å²) in [6.45, 7) is 0. The number of aromatic nitrogens is 1. The fourth-order valence-corrected chi connectivity index (χ4v) is 6.81. The van der Waals surface area contributed by atoms with Crippen molar-refractivity contribution in [3.8, 4) is 22.6 Å². The molecule has 3 heterocycles. The van der Waals surface area contributed by atoms with Gasteiger partial charge in [-0.25, -0.2) is 4.98 Å². The quantitative estimate of drug-likeness (QED) is 0.192. The van der Waals surface area contributed by atoms with Crippen molar-refractivity contribution in [3.63, 3.8) is 0 Å². The predicted molar refractivity (Wildman–Crippen MR) is 194 cm³/mol. The van der Waals surface area contributed by atoms with Crippen molar-refractivity contribution in [2.24, 2.45) is 0 Å². The van der Waals surface area contributed by atoms with E-state index in [1.54, 1.807) is 0 Å². The monoisotopic (exact) mass is 618 g/mol. The normalized spacial score (nSPS) is 11.8. The van der Waals surface area contributed by atoms with Gasteiger partial charge in [0.05, 0.1) is 5.39 Å². The highest BCUT2D eigenvalue weighted by Gasteiger charge is 2.19. The second-order valence-corrected chi connectivity index (χ2v) is 12.0. The van der Waals surface area contributed by atoms with E-state index in [1.807, 2.05) is 54.6 Å². The molecule has 0 amide bonds. The summed E-state index contributed by atoms with van der Waals surface area (Å²) in [6.07, 6.45) is 0. The lowest BCUT2D eigenvalue weighted by atomic mass is 10.0. The van der Waals surface area contributed by atoms with Crippen molar-refractivity contribution in [1.82, 2.24) is 4.98 Å². The summed E-state index contributed by atoms with van der Waals surface area (Å²) in [4.78, 5) is 7.21. The average Bonchev–Trinajstić information content (AvgIpc) is 3.86. The third-order valence-corrected chi connectivity index (χ3v) is 9.12. The molecular formula is C43H26N2O3. The second-order valence-electron chi connectivity index (χ2n) is 12.0. The maximum Gasteiger partial charge on any atom is 0.227 e. The van der Waals surface area contributed by atoms with Gasteiger partial charge in [-0.2, -0.15) is 0 Å². The minimum atomic E-state index is 0.566. The van der Waals surface area contributed by atoms with Gasteiger partial charge in [-0.1, -0.05) is 78.9 Å². The molecule has 0 aliphatic carbocycles. The van der Waals surface area contributed by atoms with Crippen molar-refractivity contribution in [3.05, 3.63) is 158 Å². The number of oxazole rings is 1. The summed E-state index contributed by atoms with van der Waals surface area (Å²) >= 11 is 0. The molecular weight excluding hydrogens is 592 g/mol. The summed E-state index contributed by atoms with van der Waals surface area (Å²) in [7, 11) is 0. The van der Waals surface area contributed by atoms with Gasteiger partial charge < -0.3 is 18.2 Å². The summed E-state index contributed by atoms with van der Waals surface area (Å²) in [5.74, 6) is 0.566. The van der Waals surface area contributed by atoms with Gasteiger partial charge in [-0.15, -0.1) is 0 Å². The predicted octanol–water partition coefficient (Wildman–Crippen LogP) is 12.4. The third kappa shape index (κ3) is 4.22. The van der Waals surface area contributed by atoms with E-state index in [9.17, 15) is 0 Å². The zero-order valence-electron chi connectivity index (χ0n) is 25.6. The Hall–Kier alpha value is -6.59. The first-order valence-corrected chi connectivity index (χ1v) is 15.9. The van der Waals surface area contributed by atoms with E-state index in [0.29, 0.717) is 5.89 Å². The molecule has 0 saturated heterocycles. The molecule has 10 aromatic rings. The van der Waals surface area contributed by atoms with E-state index in [4.69, 9.17) is 18.2 Å². The SMILES string of the molecule is c1ccc(-c2ccc(N(c3ccc(-c4nc5c(ccc6oc7ccccc7c65)o4)cc3)c3ccc4c(c3)oc3ccccc34)cc2)cc1. The summed E-state index contributed by atoms with van der Waals surface area (Å²) in [5.41, 5.74) is 11.2. The van der Waals surface area contributed by atoms with E-state index in [1.165, 1.54) is 5.56 Å². The zero-order chi connectivity index (χ0) is 31.6. The minimum absolute atomic E-state index is 0.566. The maximum atomic E-state index is 6.30. The Labute approximate surface area is 274 Å². The van der Waals surface area contributed by atoms with Crippen molar-refractivity contribution < 1.29 is 13.3 Å². The number of rotatable bonds is 5. The molecule has 5 heteroatoms. The lowest BCUT2D eigenvalue weighted by Crippen LogP contribution is -2.09. The van der Waals surface area contributed by atoms with Gasteiger partial charge in [0.1, 0.15) is 27.8 Å². The molecule has 3 aromatic heterocycles. The first kappa shape index (κ1) is 26.6. The number of fused-ring (bicyclic) bond motifs is 8. The zero-order valence-corrected chi connectivity index (χ0v) is 25.6. The first-order chi connectivity index (χ1) is 23.8. The van der Waals surface area contributed by atoms with Gasteiger partial charge in [-0.05, 0) is 83.9 Å². The third-order valence-electron chi connectivity index (χ3n) is 9.12. The fourth-order valence-electron chi connectivity index (χ4n) is 6.81. The van der Waals surface area contributed by atoms with Crippen LogP contribution in [0.5, 0.6) is 0 Å². The maximum absolute atomic E-state index is 6.30. The van der Waals surface area contributed by atoms with Gasteiger partial charge in [0.25, 0.3) is 0 Å². The van der Waals surface area contributed by atoms with Crippen molar-refractivity contribution in [2.45, 2.75) is 0 Å². The molecule has 0 aliphatic rings. The lowest BCUT2D eigenvalue weighted by Gasteiger charge is -2.25. The minimum Gasteiger partial charge on any atom is -0.456 e. The van der Waals surface area contributed by atoms with Crippen molar-refractivity contribution in [2.75, 3.05) is 4.90 Å². The molecule has 5 nitrogen and oxygen atoms in total. The molecule has 0 bridgehead atoms. The summed E-state index contributed by atoms with van der Waals surface area (Å²) < 4.78 is 18.7. The van der Waals surface area contributed by atoms with Gasteiger partial charge >= 0.3 is 0 Å². The number of nitrogens with zero attached hydrogens (tertiary/aromatic N) is 2. The van der Waals surface area contributed by atoms with Crippen LogP contribution >= 0.6 is 0 Å². The Bertz CT molecular complexity index is 2770. The van der Waals surface area contributed by atoms with Crippen LogP contribution in [0.3, 0.4) is 0 Å². The highest BCUT2D eigenvalue weighted by atomic mass is 16.4. The number of furan rings is 2. The molecule has 226 valence electrons. The van der Waals surface area contributed by atoms with Crippen LogP contribution in [0, 0.1) is 0 Å². The average molecular weight is 619 g/mol. The molecule has 0 spiro atoms. The number of hydrogen-bond donors (Lipinski definition) is 0. The molecule has 0 atom stereocenters. The van der Waals surface area contributed by atoms with Crippen LogP contribution < -0.4 is 4.90 Å². The van der Waals surface area contributed by atoms with Crippen LogP contribution in [0.25, 0.3) is 77.6 Å². The molecule has 48 heavy (non-hydrogen) atoms. The Morgan fingerprint density at radius 3 is 1.71 bits per heavy atom. The van der Waals surface area contributed by atoms with Gasteiger partial charge in [0.15, 0.2) is 5.58 Å². The lowest BCUT2D eigenvalue weighted by molar-refractivity contribution is 0.619. The molecule has 0 aliphatic heterocycles. The number of para-hydroxylation sites is 2. The first-order valence-electron chi connectivity index (χ1n) is 15.9. The Kier molecular flexibility index (Phi) is 5.81. The molecule has 7 aromatic carbocycles. The molecule has 0 radical (unpaired) electrons. The number of benzene rings is 7. The molecule has 0 saturated carbocycles. The summed E-state index contributed by atoms with van der Waals surface area (Å²) in [6, 6.07) is 54.0. The Morgan fingerprint density at radius 1 is 0.375 bits per heavy atom. The smallest absolute Gasteiger partial charge is 0.227 e. The van der Waals surface area contributed by atoms with Gasteiger partial charge in [0, 0.05) is 44.9 Å². The van der Waals surface area contributed by atoms with E-state index >= 15 is 0 Å². The van der Waals surface area contributed by atoms with Crippen molar-refractivity contribution in [1.29, 1.82) is 0 Å². The second kappa shape index (κ2) is 10.5. The van der Waals surface area contributed by atoms with Crippen LogP contribution in [0.4, 0.5) is 17.1 Å². The highest BCUT2D eigenvalue weighted by molar-refractivity contribution is 6.16. The van der Waals surface area contributed by atoms with E-state index in [-0.39, 0.29) is 0 Å². The Balaban J connectivity index is 1.08. The van der Waals surface area contributed by atoms with Crippen molar-refractivity contribution >= 4 is 72.0 Å². The largest absolute Gasteiger partial charge is 0.456 e. The van der Waals surface area contributed by atoms with E-state index < -0.39 is 0 Å².